The average molecular weight is 296 g/mol. The SMILES string of the molecule is CCn1cc(S(=O)(=O)N2CCC(C)(C#N)CC2)nc1C. The van der Waals surface area contributed by atoms with E-state index in [1.54, 1.807) is 13.1 Å². The molecule has 6 nitrogen and oxygen atoms in total. The molecule has 0 atom stereocenters. The van der Waals surface area contributed by atoms with Crippen molar-refractivity contribution in [2.24, 2.45) is 5.41 Å². The highest BCUT2D eigenvalue weighted by molar-refractivity contribution is 7.89. The number of imidazole rings is 1. The zero-order chi connectivity index (χ0) is 15.0. The molecule has 0 saturated carbocycles. The standard InChI is InChI=1S/C13H20N4O2S/c1-4-16-9-12(15-11(16)2)20(18,19)17-7-5-13(3,10-14)6-8-17/h9H,4-8H2,1-3H3. The molecule has 0 aliphatic carbocycles. The molecule has 1 aliphatic heterocycles. The molecule has 20 heavy (non-hydrogen) atoms. The second-order valence-corrected chi connectivity index (χ2v) is 7.37. The summed E-state index contributed by atoms with van der Waals surface area (Å²) in [5, 5.41) is 9.20. The number of aryl methyl sites for hydroxylation is 2. The van der Waals surface area contributed by atoms with Crippen LogP contribution < -0.4 is 0 Å². The van der Waals surface area contributed by atoms with E-state index in [4.69, 9.17) is 5.26 Å². The quantitative estimate of drug-likeness (QED) is 0.847. The molecular weight excluding hydrogens is 276 g/mol. The van der Waals surface area contributed by atoms with Crippen LogP contribution in [0.2, 0.25) is 0 Å². The maximum absolute atomic E-state index is 12.5. The van der Waals surface area contributed by atoms with Gasteiger partial charge in [-0.2, -0.15) is 9.57 Å². The van der Waals surface area contributed by atoms with Crippen LogP contribution in [0, 0.1) is 23.7 Å². The molecule has 1 aliphatic rings. The van der Waals surface area contributed by atoms with Crippen molar-refractivity contribution in [1.82, 2.24) is 13.9 Å². The zero-order valence-electron chi connectivity index (χ0n) is 12.1. The highest BCUT2D eigenvalue weighted by Crippen LogP contribution is 2.32. The number of aromatic nitrogens is 2. The van der Waals surface area contributed by atoms with Gasteiger partial charge in [0.05, 0.1) is 11.5 Å². The molecule has 7 heteroatoms. The Balaban J connectivity index is 2.22. The predicted octanol–water partition coefficient (Wildman–Crippen LogP) is 1.53. The molecule has 0 bridgehead atoms. The fourth-order valence-corrected chi connectivity index (χ4v) is 3.82. The van der Waals surface area contributed by atoms with Gasteiger partial charge in [-0.3, -0.25) is 0 Å². The van der Waals surface area contributed by atoms with Crippen LogP contribution in [0.5, 0.6) is 0 Å². The third-order valence-corrected chi connectivity index (χ3v) is 5.76. The second-order valence-electron chi connectivity index (χ2n) is 5.49. The Morgan fingerprint density at radius 1 is 1.45 bits per heavy atom. The molecule has 1 aromatic heterocycles. The highest BCUT2D eigenvalue weighted by Gasteiger charge is 2.36. The lowest BCUT2D eigenvalue weighted by molar-refractivity contribution is 0.231. The van der Waals surface area contributed by atoms with Crippen LogP contribution in [0.3, 0.4) is 0 Å². The summed E-state index contributed by atoms with van der Waals surface area (Å²) in [4.78, 5) is 4.15. The van der Waals surface area contributed by atoms with E-state index >= 15 is 0 Å². The van der Waals surface area contributed by atoms with Gasteiger partial charge in [0.2, 0.25) is 0 Å². The smallest absolute Gasteiger partial charge is 0.262 e. The second kappa shape index (κ2) is 5.19. The minimum absolute atomic E-state index is 0.109. The van der Waals surface area contributed by atoms with Crippen molar-refractivity contribution in [2.45, 2.75) is 45.2 Å². The van der Waals surface area contributed by atoms with Gasteiger partial charge in [0, 0.05) is 25.8 Å². The van der Waals surface area contributed by atoms with Gasteiger partial charge in [-0.05, 0) is 33.6 Å². The zero-order valence-corrected chi connectivity index (χ0v) is 12.9. The van der Waals surface area contributed by atoms with Gasteiger partial charge in [-0.25, -0.2) is 13.4 Å². The van der Waals surface area contributed by atoms with Crippen molar-refractivity contribution in [3.8, 4) is 6.07 Å². The summed E-state index contributed by atoms with van der Waals surface area (Å²) in [5.41, 5.74) is -0.412. The van der Waals surface area contributed by atoms with E-state index in [-0.39, 0.29) is 5.03 Å². The fourth-order valence-electron chi connectivity index (χ4n) is 2.39. The van der Waals surface area contributed by atoms with E-state index in [0.29, 0.717) is 38.3 Å². The van der Waals surface area contributed by atoms with Crippen LogP contribution in [0.1, 0.15) is 32.5 Å². The largest absolute Gasteiger partial charge is 0.334 e. The first-order chi connectivity index (χ1) is 9.32. The van der Waals surface area contributed by atoms with Gasteiger partial charge in [0.25, 0.3) is 10.0 Å². The fraction of sp³-hybridized carbons (Fsp3) is 0.692. The first-order valence-corrected chi connectivity index (χ1v) is 8.21. The van der Waals surface area contributed by atoms with Crippen molar-refractivity contribution in [3.05, 3.63) is 12.0 Å². The van der Waals surface area contributed by atoms with Gasteiger partial charge in [-0.15, -0.1) is 0 Å². The number of piperidine rings is 1. The van der Waals surface area contributed by atoms with Crippen molar-refractivity contribution in [2.75, 3.05) is 13.1 Å². The summed E-state index contributed by atoms with van der Waals surface area (Å²) in [6.07, 6.45) is 2.72. The van der Waals surface area contributed by atoms with Crippen LogP contribution in [0.15, 0.2) is 11.2 Å². The van der Waals surface area contributed by atoms with Crippen LogP contribution in [0.25, 0.3) is 0 Å². The topological polar surface area (TPSA) is 79.0 Å². The van der Waals surface area contributed by atoms with Gasteiger partial charge in [0.1, 0.15) is 5.82 Å². The molecule has 0 N–H and O–H groups in total. The summed E-state index contributed by atoms with van der Waals surface area (Å²) in [6.45, 7) is 7.08. The first kappa shape index (κ1) is 15.0. The molecule has 0 unspecified atom stereocenters. The maximum Gasteiger partial charge on any atom is 0.262 e. The Labute approximate surface area is 120 Å². The molecule has 0 amide bonds. The van der Waals surface area contributed by atoms with Crippen LogP contribution >= 0.6 is 0 Å². The van der Waals surface area contributed by atoms with Crippen LogP contribution in [0.4, 0.5) is 0 Å². The molecule has 0 radical (unpaired) electrons. The molecule has 2 rings (SSSR count). The summed E-state index contributed by atoms with van der Waals surface area (Å²) in [5.74, 6) is 0.699. The number of nitrogens with zero attached hydrogens (tertiary/aromatic N) is 4. The number of sulfonamides is 1. The lowest BCUT2D eigenvalue weighted by Crippen LogP contribution is -2.41. The van der Waals surface area contributed by atoms with Crippen molar-refractivity contribution < 1.29 is 8.42 Å². The molecule has 110 valence electrons. The Kier molecular flexibility index (Phi) is 3.89. The Morgan fingerprint density at radius 3 is 2.50 bits per heavy atom. The third-order valence-electron chi connectivity index (χ3n) is 3.99. The van der Waals surface area contributed by atoms with E-state index in [1.165, 1.54) is 4.31 Å². The van der Waals surface area contributed by atoms with E-state index in [2.05, 4.69) is 11.1 Å². The summed E-state index contributed by atoms with van der Waals surface area (Å²) in [7, 11) is -3.54. The number of rotatable bonds is 3. The minimum Gasteiger partial charge on any atom is -0.334 e. The van der Waals surface area contributed by atoms with Gasteiger partial charge in [0.15, 0.2) is 5.03 Å². The summed E-state index contributed by atoms with van der Waals surface area (Å²) >= 11 is 0. The number of hydrogen-bond acceptors (Lipinski definition) is 4. The third kappa shape index (κ3) is 2.58. The first-order valence-electron chi connectivity index (χ1n) is 6.77. The van der Waals surface area contributed by atoms with Gasteiger partial charge >= 0.3 is 0 Å². The van der Waals surface area contributed by atoms with E-state index < -0.39 is 15.4 Å². The lowest BCUT2D eigenvalue weighted by atomic mass is 9.83. The molecule has 1 saturated heterocycles. The Morgan fingerprint density at radius 2 is 2.05 bits per heavy atom. The minimum atomic E-state index is -3.54. The molecule has 1 aromatic rings. The summed E-state index contributed by atoms with van der Waals surface area (Å²) in [6, 6.07) is 2.27. The monoisotopic (exact) mass is 296 g/mol. The van der Waals surface area contributed by atoms with Crippen molar-refractivity contribution >= 4 is 10.0 Å². The highest BCUT2D eigenvalue weighted by atomic mass is 32.2. The van der Waals surface area contributed by atoms with Crippen molar-refractivity contribution in [3.63, 3.8) is 0 Å². The van der Waals surface area contributed by atoms with E-state index in [1.807, 2.05) is 18.4 Å². The van der Waals surface area contributed by atoms with E-state index in [0.717, 1.165) is 0 Å². The predicted molar refractivity (Wildman–Crippen MR) is 74.4 cm³/mol. The number of hydrogen-bond donors (Lipinski definition) is 0. The average Bonchev–Trinajstić information content (AvgIpc) is 2.81. The van der Waals surface area contributed by atoms with Crippen LogP contribution in [-0.4, -0.2) is 35.4 Å². The Bertz CT molecular complexity index is 634. The molecular formula is C13H20N4O2S. The van der Waals surface area contributed by atoms with E-state index in [9.17, 15) is 8.42 Å². The summed E-state index contributed by atoms with van der Waals surface area (Å²) < 4.78 is 28.3. The maximum atomic E-state index is 12.5. The normalized spacial score (nSPS) is 19.7. The molecule has 0 aromatic carbocycles. The van der Waals surface area contributed by atoms with Crippen molar-refractivity contribution in [1.29, 1.82) is 5.26 Å². The molecule has 1 fully saturated rings. The molecule has 2 heterocycles. The Hall–Kier alpha value is -1.39. The van der Waals surface area contributed by atoms with Crippen LogP contribution in [-0.2, 0) is 16.6 Å². The number of nitriles is 1. The van der Waals surface area contributed by atoms with Gasteiger partial charge in [-0.1, -0.05) is 0 Å². The molecule has 0 spiro atoms. The lowest BCUT2D eigenvalue weighted by Gasteiger charge is -2.33. The van der Waals surface area contributed by atoms with Gasteiger partial charge < -0.3 is 4.57 Å².